The number of ether oxygens (including phenoxy) is 1. The standard InChI is InChI=1S/C22H25N5O2S/c1-5-10-27-13(4)24-19-16(27)7-9-18-20(19)26-22(30-18)25-15-11-14(21(23)28)6-8-17(15)29-12(2)3/h6-9,11-12H,5,10H2,1-4H3,(H2,23,28)(H,25,26). The Morgan fingerprint density at radius 2 is 2.03 bits per heavy atom. The summed E-state index contributed by atoms with van der Waals surface area (Å²) in [4.78, 5) is 21.2. The lowest BCUT2D eigenvalue weighted by Crippen LogP contribution is -2.12. The van der Waals surface area contributed by atoms with Crippen molar-refractivity contribution in [3.05, 3.63) is 41.7 Å². The van der Waals surface area contributed by atoms with Crippen molar-refractivity contribution in [3.8, 4) is 5.75 Å². The summed E-state index contributed by atoms with van der Waals surface area (Å²) in [7, 11) is 0. The van der Waals surface area contributed by atoms with E-state index in [1.165, 1.54) is 11.3 Å². The molecule has 2 aromatic heterocycles. The zero-order chi connectivity index (χ0) is 21.4. The fourth-order valence-corrected chi connectivity index (χ4v) is 4.39. The zero-order valence-corrected chi connectivity index (χ0v) is 18.3. The molecule has 2 heterocycles. The molecule has 156 valence electrons. The van der Waals surface area contributed by atoms with Crippen molar-refractivity contribution < 1.29 is 9.53 Å². The number of rotatable bonds is 7. The number of imidazole rings is 1. The van der Waals surface area contributed by atoms with Crippen LogP contribution in [0.15, 0.2) is 30.3 Å². The van der Waals surface area contributed by atoms with Gasteiger partial charge < -0.3 is 20.4 Å². The molecule has 0 saturated heterocycles. The first kappa shape index (κ1) is 20.2. The number of anilines is 2. The summed E-state index contributed by atoms with van der Waals surface area (Å²) in [5.74, 6) is 1.14. The van der Waals surface area contributed by atoms with Crippen LogP contribution in [0, 0.1) is 6.92 Å². The van der Waals surface area contributed by atoms with Gasteiger partial charge in [0.2, 0.25) is 5.91 Å². The molecule has 0 aliphatic rings. The average Bonchev–Trinajstić information content (AvgIpc) is 3.23. The minimum absolute atomic E-state index is 0.00882. The van der Waals surface area contributed by atoms with Crippen molar-refractivity contribution in [2.75, 3.05) is 5.32 Å². The molecule has 0 bridgehead atoms. The summed E-state index contributed by atoms with van der Waals surface area (Å²) < 4.78 is 9.16. The summed E-state index contributed by atoms with van der Waals surface area (Å²) in [6.45, 7) is 9.02. The molecule has 3 N–H and O–H groups in total. The fraction of sp³-hybridized carbons (Fsp3) is 0.318. The smallest absolute Gasteiger partial charge is 0.248 e. The zero-order valence-electron chi connectivity index (χ0n) is 17.5. The highest BCUT2D eigenvalue weighted by Gasteiger charge is 2.16. The van der Waals surface area contributed by atoms with E-state index in [0.717, 1.165) is 40.0 Å². The van der Waals surface area contributed by atoms with Crippen molar-refractivity contribution in [1.82, 2.24) is 14.5 Å². The minimum atomic E-state index is -0.489. The van der Waals surface area contributed by atoms with E-state index in [1.54, 1.807) is 18.2 Å². The van der Waals surface area contributed by atoms with Gasteiger partial charge in [-0.1, -0.05) is 18.3 Å². The van der Waals surface area contributed by atoms with Crippen molar-refractivity contribution in [3.63, 3.8) is 0 Å². The number of benzene rings is 2. The number of nitrogens with one attached hydrogen (secondary N) is 1. The molecule has 0 radical (unpaired) electrons. The highest BCUT2D eigenvalue weighted by atomic mass is 32.1. The van der Waals surface area contributed by atoms with Crippen LogP contribution in [0.3, 0.4) is 0 Å². The van der Waals surface area contributed by atoms with Crippen molar-refractivity contribution in [2.24, 2.45) is 5.73 Å². The second-order valence-corrected chi connectivity index (χ2v) is 8.51. The maximum Gasteiger partial charge on any atom is 0.248 e. The second kappa shape index (κ2) is 7.95. The van der Waals surface area contributed by atoms with Crippen molar-refractivity contribution in [2.45, 2.75) is 46.8 Å². The molecule has 4 rings (SSSR count). The van der Waals surface area contributed by atoms with Crippen LogP contribution >= 0.6 is 11.3 Å². The number of hydrogen-bond acceptors (Lipinski definition) is 6. The molecular formula is C22H25N5O2S. The number of nitrogens with two attached hydrogens (primary N) is 1. The molecule has 30 heavy (non-hydrogen) atoms. The maximum absolute atomic E-state index is 11.6. The van der Waals surface area contributed by atoms with Gasteiger partial charge in [-0.15, -0.1) is 0 Å². The van der Waals surface area contributed by atoms with Crippen LogP contribution in [0.4, 0.5) is 10.8 Å². The van der Waals surface area contributed by atoms with Crippen LogP contribution in [0.25, 0.3) is 21.3 Å². The third-order valence-corrected chi connectivity index (χ3v) is 5.72. The largest absolute Gasteiger partial charge is 0.489 e. The third kappa shape index (κ3) is 3.70. The van der Waals surface area contributed by atoms with Crippen LogP contribution in [0.1, 0.15) is 43.4 Å². The van der Waals surface area contributed by atoms with Crippen LogP contribution in [0.2, 0.25) is 0 Å². The SMILES string of the molecule is CCCn1c(C)nc2c3nc(Nc4cc(C(N)=O)ccc4OC(C)C)sc3ccc21. The Labute approximate surface area is 178 Å². The van der Waals surface area contributed by atoms with E-state index < -0.39 is 5.91 Å². The van der Waals surface area contributed by atoms with E-state index in [1.807, 2.05) is 20.8 Å². The molecule has 0 aliphatic carbocycles. The van der Waals surface area contributed by atoms with E-state index in [-0.39, 0.29) is 6.10 Å². The number of carbonyl (C=O) groups excluding carboxylic acids is 1. The number of thiazole rings is 1. The molecule has 0 unspecified atom stereocenters. The van der Waals surface area contributed by atoms with Crippen molar-refractivity contribution in [1.29, 1.82) is 0 Å². The van der Waals surface area contributed by atoms with Crippen LogP contribution in [-0.2, 0) is 6.54 Å². The van der Waals surface area contributed by atoms with Crippen LogP contribution in [0.5, 0.6) is 5.75 Å². The lowest BCUT2D eigenvalue weighted by molar-refractivity contribution is 0.100. The highest BCUT2D eigenvalue weighted by Crippen LogP contribution is 2.36. The molecular weight excluding hydrogens is 398 g/mol. The van der Waals surface area contributed by atoms with E-state index in [0.29, 0.717) is 22.1 Å². The lowest BCUT2D eigenvalue weighted by atomic mass is 10.1. The number of aryl methyl sites for hydroxylation is 2. The topological polar surface area (TPSA) is 95.1 Å². The second-order valence-electron chi connectivity index (χ2n) is 7.48. The first-order valence-electron chi connectivity index (χ1n) is 10.0. The van der Waals surface area contributed by atoms with Gasteiger partial charge in [0.05, 0.1) is 22.0 Å². The Morgan fingerprint density at radius 3 is 2.73 bits per heavy atom. The summed E-state index contributed by atoms with van der Waals surface area (Å²) in [5.41, 5.74) is 9.40. The number of hydrogen-bond donors (Lipinski definition) is 2. The van der Waals surface area contributed by atoms with Gasteiger partial charge in [0.25, 0.3) is 0 Å². The first-order valence-corrected chi connectivity index (χ1v) is 10.8. The predicted molar refractivity (Wildman–Crippen MR) is 122 cm³/mol. The number of fused-ring (bicyclic) bond motifs is 3. The summed E-state index contributed by atoms with van der Waals surface area (Å²) in [6, 6.07) is 9.30. The van der Waals surface area contributed by atoms with Gasteiger partial charge in [-0.05, 0) is 57.5 Å². The monoisotopic (exact) mass is 423 g/mol. The maximum atomic E-state index is 11.6. The van der Waals surface area contributed by atoms with Gasteiger partial charge in [-0.3, -0.25) is 4.79 Å². The summed E-state index contributed by atoms with van der Waals surface area (Å²) in [6.07, 6.45) is 1.04. The Kier molecular flexibility index (Phi) is 5.34. The molecule has 0 atom stereocenters. The lowest BCUT2D eigenvalue weighted by Gasteiger charge is -2.15. The van der Waals surface area contributed by atoms with E-state index in [9.17, 15) is 4.79 Å². The van der Waals surface area contributed by atoms with Gasteiger partial charge in [-0.2, -0.15) is 0 Å². The molecule has 0 fully saturated rings. The number of nitrogens with zero attached hydrogens (tertiary/aromatic N) is 3. The number of aromatic nitrogens is 3. The number of amides is 1. The molecule has 1 amide bonds. The third-order valence-electron chi connectivity index (χ3n) is 4.78. The van der Waals surface area contributed by atoms with Crippen LogP contribution in [-0.4, -0.2) is 26.5 Å². The highest BCUT2D eigenvalue weighted by molar-refractivity contribution is 7.22. The first-order chi connectivity index (χ1) is 14.4. The van der Waals surface area contributed by atoms with Crippen molar-refractivity contribution >= 4 is 49.3 Å². The van der Waals surface area contributed by atoms with Gasteiger partial charge in [0, 0.05) is 12.1 Å². The van der Waals surface area contributed by atoms with Gasteiger partial charge in [0.15, 0.2) is 5.13 Å². The summed E-state index contributed by atoms with van der Waals surface area (Å²) in [5, 5.41) is 4.02. The quantitative estimate of drug-likeness (QED) is 0.436. The molecule has 0 spiro atoms. The normalized spacial score (nSPS) is 11.5. The molecule has 7 nitrogen and oxygen atoms in total. The molecule has 2 aromatic carbocycles. The fourth-order valence-electron chi connectivity index (χ4n) is 3.51. The average molecular weight is 424 g/mol. The summed E-state index contributed by atoms with van der Waals surface area (Å²) >= 11 is 1.53. The molecule has 8 heteroatoms. The van der Waals surface area contributed by atoms with Gasteiger partial charge in [-0.25, -0.2) is 9.97 Å². The Bertz CT molecular complexity index is 1240. The number of primary amides is 1. The molecule has 4 aromatic rings. The van der Waals surface area contributed by atoms with E-state index in [2.05, 4.69) is 28.9 Å². The Hall–Kier alpha value is -3.13. The minimum Gasteiger partial charge on any atom is -0.489 e. The Balaban J connectivity index is 1.77. The molecule has 0 aliphatic heterocycles. The predicted octanol–water partition coefficient (Wildman–Crippen LogP) is 4.99. The van der Waals surface area contributed by atoms with Gasteiger partial charge in [0.1, 0.15) is 22.6 Å². The van der Waals surface area contributed by atoms with Crippen LogP contribution < -0.4 is 15.8 Å². The number of carbonyl (C=O) groups is 1. The van der Waals surface area contributed by atoms with E-state index >= 15 is 0 Å². The van der Waals surface area contributed by atoms with E-state index in [4.69, 9.17) is 20.4 Å². The Morgan fingerprint density at radius 1 is 1.23 bits per heavy atom. The molecule has 0 saturated carbocycles. The van der Waals surface area contributed by atoms with Gasteiger partial charge >= 0.3 is 0 Å².